The summed E-state index contributed by atoms with van der Waals surface area (Å²) >= 11 is 0. The fourth-order valence-corrected chi connectivity index (χ4v) is 12.3. The molecule has 31 nitrogen and oxygen atoms in total. The van der Waals surface area contributed by atoms with Crippen molar-refractivity contribution in [2.75, 3.05) is 283 Å². The first kappa shape index (κ1) is 114. The second-order valence-corrected chi connectivity index (χ2v) is 31.6. The molecular weight excluding hydrogens is 1590 g/mol. The highest BCUT2D eigenvalue weighted by molar-refractivity contribution is 7.89. The molecule has 2 amide bonds. The van der Waals surface area contributed by atoms with Gasteiger partial charge in [0.05, 0.1) is 105 Å². The fourth-order valence-electron chi connectivity index (χ4n) is 10.6. The summed E-state index contributed by atoms with van der Waals surface area (Å²) in [6.07, 6.45) is 2.89. The second kappa shape index (κ2) is 74.7. The van der Waals surface area contributed by atoms with Crippen LogP contribution < -0.4 is 42.6 Å². The van der Waals surface area contributed by atoms with E-state index in [1.165, 1.54) is 4.31 Å². The summed E-state index contributed by atoms with van der Waals surface area (Å²) < 4.78 is 155. The van der Waals surface area contributed by atoms with E-state index in [2.05, 4.69) is 39.8 Å². The summed E-state index contributed by atoms with van der Waals surface area (Å²) in [6.45, 7) is 34.1. The predicted molar refractivity (Wildman–Crippen MR) is 469 cm³/mol. The van der Waals surface area contributed by atoms with E-state index in [-0.39, 0.29) is 36.9 Å². The molecule has 121 heavy (non-hydrogen) atoms. The number of nitrogens with zero attached hydrogens (tertiary/aromatic N) is 3. The van der Waals surface area contributed by atoms with Crippen LogP contribution in [-0.2, 0) is 117 Å². The molecule has 0 saturated carbocycles. The Morgan fingerprint density at radius 3 is 0.860 bits per heavy atom. The number of methoxy groups -OCH3 is 13. The highest BCUT2D eigenvalue weighted by Crippen LogP contribution is 2.40. The molecule has 0 fully saturated rings. The molecule has 0 unspecified atom stereocenters. The van der Waals surface area contributed by atoms with E-state index < -0.39 is 10.0 Å². The molecule has 0 radical (unpaired) electrons. The normalized spacial score (nSPS) is 11.2. The van der Waals surface area contributed by atoms with Crippen LogP contribution in [0.4, 0.5) is 0 Å². The topological polar surface area (TPSA) is 300 Å². The number of carbonyl (C=O) groups excluding carboxylic acids is 2. The molecule has 0 spiro atoms. The maximum atomic E-state index is 12.0. The van der Waals surface area contributed by atoms with Crippen molar-refractivity contribution >= 4 is 21.8 Å². The van der Waals surface area contributed by atoms with Gasteiger partial charge in [-0.05, 0) is 113 Å². The van der Waals surface area contributed by atoms with Gasteiger partial charge in [-0.2, -0.15) is 4.31 Å². The number of hydrogen-bond acceptors (Lipinski definition) is 28. The third kappa shape index (κ3) is 59.7. The van der Waals surface area contributed by atoms with Crippen LogP contribution in [0.2, 0.25) is 0 Å². The van der Waals surface area contributed by atoms with Crippen molar-refractivity contribution in [3.63, 3.8) is 0 Å². The number of rotatable bonds is 67. The maximum absolute atomic E-state index is 12.0. The van der Waals surface area contributed by atoms with Gasteiger partial charge in [-0.1, -0.05) is 69.2 Å². The van der Waals surface area contributed by atoms with Crippen LogP contribution in [0.1, 0.15) is 104 Å². The summed E-state index contributed by atoms with van der Waals surface area (Å²) in [4.78, 5) is 27.1. The van der Waals surface area contributed by atoms with Gasteiger partial charge in [-0.25, -0.2) is 8.42 Å². The monoisotopic (exact) mass is 1750 g/mol. The van der Waals surface area contributed by atoms with Crippen molar-refractivity contribution < 1.29 is 132 Å². The molecular formula is C89H155N3O28S. The van der Waals surface area contributed by atoms with E-state index >= 15 is 0 Å². The van der Waals surface area contributed by atoms with Gasteiger partial charge in [0.25, 0.3) is 0 Å². The number of amides is 2. The van der Waals surface area contributed by atoms with E-state index in [0.29, 0.717) is 273 Å². The zero-order valence-electron chi connectivity index (χ0n) is 77.7. The van der Waals surface area contributed by atoms with Crippen LogP contribution in [0.3, 0.4) is 0 Å². The molecule has 0 bridgehead atoms. The second-order valence-electron chi connectivity index (χ2n) is 29.6. The van der Waals surface area contributed by atoms with Crippen LogP contribution in [0.5, 0.6) is 51.7 Å². The van der Waals surface area contributed by atoms with Crippen molar-refractivity contribution in [1.82, 2.24) is 14.1 Å². The molecule has 4 aromatic carbocycles. The largest absolute Gasteiger partial charge is 0.491 e. The van der Waals surface area contributed by atoms with Crippen molar-refractivity contribution in [1.29, 1.82) is 0 Å². The summed E-state index contributed by atoms with van der Waals surface area (Å²) in [5, 5.41) is 0. The van der Waals surface area contributed by atoms with Crippen LogP contribution >= 0.6 is 0 Å². The Kier molecular flexibility index (Phi) is 70.6. The Morgan fingerprint density at radius 2 is 0.554 bits per heavy atom. The number of ether oxygens (including phenoxy) is 24. The van der Waals surface area contributed by atoms with Gasteiger partial charge >= 0.3 is 0 Å². The first-order chi connectivity index (χ1) is 58.2. The minimum atomic E-state index is -3.19. The number of hydrogen-bond donors (Lipinski definition) is 0. The predicted octanol–water partition coefficient (Wildman–Crippen LogP) is 11.9. The molecule has 0 N–H and O–H groups in total. The lowest BCUT2D eigenvalue weighted by atomic mass is 10.0. The summed E-state index contributed by atoms with van der Waals surface area (Å²) in [7, 11) is 17.9. The van der Waals surface area contributed by atoms with Crippen LogP contribution in [-0.4, -0.2) is 318 Å². The Labute approximate surface area is 725 Å². The van der Waals surface area contributed by atoms with Gasteiger partial charge < -0.3 is 119 Å². The maximum Gasteiger partial charge on any atom is 0.226 e. The quantitative estimate of drug-likeness (QED) is 0.0293. The lowest BCUT2D eigenvalue weighted by Gasteiger charge is -2.23. The average Bonchev–Trinajstić information content (AvgIpc) is 0.825. The number of sulfonamides is 1. The Morgan fingerprint density at radius 1 is 0.281 bits per heavy atom. The number of carbonyl (C=O) groups is 2. The third-order valence-electron chi connectivity index (χ3n) is 16.2. The zero-order valence-corrected chi connectivity index (χ0v) is 78.5. The first-order valence-corrected chi connectivity index (χ1v) is 43.1. The fraction of sp³-hybridized carbons (Fsp3) is 0.708. The van der Waals surface area contributed by atoms with E-state index in [4.69, 9.17) is 114 Å². The molecule has 4 aromatic rings. The van der Waals surface area contributed by atoms with Gasteiger partial charge in [0, 0.05) is 150 Å². The van der Waals surface area contributed by atoms with Crippen molar-refractivity contribution in [2.45, 2.75) is 108 Å². The molecule has 0 aliphatic rings. The van der Waals surface area contributed by atoms with Gasteiger partial charge in [0.15, 0.2) is 11.5 Å². The standard InChI is InChI=1S/C36H50O10.C19H32O6.C13H27NO5.C11H23NO3.C10H23NO4S/c1-27(2)15-28-16-35(45-25-29-18-31(41-11-7-37-3)22-32(19-29)42-12-8-38-4)24-36(17-28)46-26-30-20-33(43-13-9-39-5)23-34(21-30)44-14-10-40-6;1-15(2)12-16-13-17(23-9-6-20-3)19(25-11-8-22-5)18(14-16)24-10-7-21-4;1-12(2)9-13(15)14(10-18-7-5-16-3)11-19-8-6-17-4;1-10(2)9-11(13)12(5-7-14-3)6-8-15-4;1-10(2)9-16(12,13)11(5-7-14-3)6-8-15-4/h16-24,27H,7-15,25-26H2,1-6H3;13-15H,6-12H2,1-5H3;12H,5-11H2,1-4H3;10H,5-9H2,1-4H3;10H,5-9H2,1-4H3. The van der Waals surface area contributed by atoms with E-state index in [1.54, 1.807) is 102 Å². The minimum Gasteiger partial charge on any atom is -0.491 e. The number of benzene rings is 4. The molecule has 0 saturated heterocycles. The van der Waals surface area contributed by atoms with Crippen LogP contribution in [0, 0.1) is 29.6 Å². The summed E-state index contributed by atoms with van der Waals surface area (Å²) in [5.41, 5.74) is 4.09. The van der Waals surface area contributed by atoms with E-state index in [0.717, 1.165) is 35.1 Å². The van der Waals surface area contributed by atoms with Crippen LogP contribution in [0.25, 0.3) is 0 Å². The van der Waals surface area contributed by atoms with Crippen molar-refractivity contribution in [3.8, 4) is 51.7 Å². The molecule has 4 rings (SSSR count). The summed E-state index contributed by atoms with van der Waals surface area (Å²) in [6, 6.07) is 21.6. The van der Waals surface area contributed by atoms with E-state index in [1.807, 2.05) is 96.1 Å². The highest BCUT2D eigenvalue weighted by atomic mass is 32.2. The molecule has 0 aromatic heterocycles. The lowest BCUT2D eigenvalue weighted by Crippen LogP contribution is -2.38. The first-order valence-electron chi connectivity index (χ1n) is 41.5. The molecule has 0 aliphatic heterocycles. The van der Waals surface area contributed by atoms with Crippen LogP contribution in [0.15, 0.2) is 66.7 Å². The van der Waals surface area contributed by atoms with Gasteiger partial charge in [0.2, 0.25) is 27.6 Å². The van der Waals surface area contributed by atoms with Gasteiger partial charge in [0.1, 0.15) is 107 Å². The molecule has 700 valence electrons. The Hall–Kier alpha value is -6.67. The Balaban J connectivity index is 0.00000162. The smallest absolute Gasteiger partial charge is 0.226 e. The van der Waals surface area contributed by atoms with E-state index in [9.17, 15) is 18.0 Å². The third-order valence-corrected chi connectivity index (χ3v) is 18.5. The SMILES string of the molecule is COCCN(CCOC)C(=O)CC(C)C.COCCN(CCOC)S(=O)(=O)CC(C)C.COCCOCN(COCCOC)C(=O)CC(C)C.COCCOc1cc(CC(C)C)cc(OCCOC)c1OCCOC.COCCOc1cc(COc2cc(CC(C)C)cc(OCc3cc(OCCOC)cc(OCCOC)c3)c2)cc(OCCOC)c1. The van der Waals surface area contributed by atoms with Crippen molar-refractivity contribution in [3.05, 3.63) is 89.0 Å². The minimum absolute atomic E-state index is 0.0323. The zero-order chi connectivity index (χ0) is 90.3. The van der Waals surface area contributed by atoms with Gasteiger partial charge in [-0.15, -0.1) is 0 Å². The lowest BCUT2D eigenvalue weighted by molar-refractivity contribution is -0.147. The molecule has 32 heteroatoms. The Bertz CT molecular complexity index is 3080. The summed E-state index contributed by atoms with van der Waals surface area (Å²) in [5.74, 6) is 8.27. The highest BCUT2D eigenvalue weighted by Gasteiger charge is 2.24. The molecule has 0 heterocycles. The molecule has 0 atom stereocenters. The average molecular weight is 1750 g/mol. The molecule has 0 aliphatic carbocycles. The van der Waals surface area contributed by atoms with Gasteiger partial charge in [-0.3, -0.25) is 14.5 Å². The van der Waals surface area contributed by atoms with Crippen molar-refractivity contribution in [2.24, 2.45) is 29.6 Å².